The monoisotopic (exact) mass is 812 g/mol. The van der Waals surface area contributed by atoms with Crippen molar-refractivity contribution < 1.29 is 16.8 Å². The van der Waals surface area contributed by atoms with Crippen LogP contribution >= 0.6 is 41.7 Å². The zero-order valence-corrected chi connectivity index (χ0v) is 34.3. The topological polar surface area (TPSA) is 74.8 Å². The van der Waals surface area contributed by atoms with Crippen LogP contribution in [-0.2, 0) is 69.1 Å². The highest BCUT2D eigenvalue weighted by molar-refractivity contribution is 8.77. The maximum Gasteiger partial charge on any atom is 0.243 e. The molecule has 0 aromatic heterocycles. The van der Waals surface area contributed by atoms with Gasteiger partial charge in [-0.1, -0.05) is 75.1 Å². The molecule has 18 heteroatoms. The summed E-state index contributed by atoms with van der Waals surface area (Å²) in [6.07, 6.45) is 6.86. The van der Waals surface area contributed by atoms with Gasteiger partial charge >= 0.3 is 0 Å². The summed E-state index contributed by atoms with van der Waals surface area (Å²) >= 11 is 8.89. The van der Waals surface area contributed by atoms with Gasteiger partial charge in [-0.2, -0.15) is 8.61 Å². The number of hydrogen-bond acceptors (Lipinski definition) is 6. The summed E-state index contributed by atoms with van der Waals surface area (Å²) in [5.41, 5.74) is 2.09. The normalized spacial score (nSPS) is 12.5. The molecule has 242 valence electrons. The summed E-state index contributed by atoms with van der Waals surface area (Å²) in [6.45, 7) is 12.7. The molecule has 43 heavy (non-hydrogen) atoms. The first-order chi connectivity index (χ1) is 19.8. The van der Waals surface area contributed by atoms with Crippen LogP contribution in [-0.4, -0.2) is 51.6 Å². The summed E-state index contributed by atoms with van der Waals surface area (Å²) < 4.78 is 51.4. The summed E-state index contributed by atoms with van der Waals surface area (Å²) in [7, 11) is 6.45. The first kappa shape index (κ1) is 45.9. The minimum atomic E-state index is -3.45. The van der Waals surface area contributed by atoms with Crippen LogP contribution in [0.3, 0.4) is 0 Å². The molecule has 0 spiro atoms. The van der Waals surface area contributed by atoms with E-state index in [-0.39, 0.29) is 27.5 Å². The summed E-state index contributed by atoms with van der Waals surface area (Å²) in [5.74, 6) is 0. The third kappa shape index (κ3) is 18.6. The molecule has 1 aliphatic rings. The Kier molecular flexibility index (Phi) is 27.5. The van der Waals surface area contributed by atoms with E-state index in [4.69, 9.17) is 0 Å². The van der Waals surface area contributed by atoms with Gasteiger partial charge < -0.3 is 0 Å². The number of hydrogen-bond donors (Lipinski definition) is 0. The molecule has 2 aromatic rings. The summed E-state index contributed by atoms with van der Waals surface area (Å²) in [6, 6.07) is 13.7. The van der Waals surface area contributed by atoms with Crippen LogP contribution < -0.4 is 0 Å². The fourth-order valence-corrected chi connectivity index (χ4v) is 8.41. The third-order valence-electron chi connectivity index (χ3n) is 4.97. The SMILES string of the molecule is C.C=CCN(CC=C)S(=O)(=O)c1ccc(C)cc1.Cc1ccc(S(=O)(=O)N2CC=CC2)cc1.PPP(P)P.S=S=S=S=S. The molecular weight excluding hydrogens is 772 g/mol. The number of nitrogens with zero attached hydrogens (tertiary/aromatic N) is 2. The molecule has 6 nitrogen and oxygen atoms in total. The number of aryl methyl sites for hydroxylation is 2. The molecule has 2 aromatic carbocycles. The van der Waals surface area contributed by atoms with Gasteiger partial charge in [0.05, 0.1) is 9.79 Å². The van der Waals surface area contributed by atoms with Crippen LogP contribution in [0.15, 0.2) is 95.8 Å². The average Bonchev–Trinajstić information content (AvgIpc) is 3.51. The Balaban J connectivity index is 0. The predicted molar refractivity (Wildman–Crippen MR) is 217 cm³/mol. The van der Waals surface area contributed by atoms with Crippen molar-refractivity contribution in [3.8, 4) is 0 Å². The van der Waals surface area contributed by atoms with Crippen LogP contribution in [0.2, 0.25) is 0 Å². The van der Waals surface area contributed by atoms with E-state index < -0.39 is 20.0 Å². The van der Waals surface area contributed by atoms with Gasteiger partial charge in [-0.25, -0.2) is 16.8 Å². The maximum absolute atomic E-state index is 12.3. The Morgan fingerprint density at radius 1 is 0.884 bits per heavy atom. The molecule has 0 fully saturated rings. The first-order valence-corrected chi connectivity index (χ1v) is 28.3. The molecule has 1 heterocycles. The summed E-state index contributed by atoms with van der Waals surface area (Å²) in [5, 5.41) is 0. The Morgan fingerprint density at radius 2 is 1.26 bits per heavy atom. The van der Waals surface area contributed by atoms with Crippen molar-refractivity contribution >= 4 is 111 Å². The minimum Gasteiger partial charge on any atom is -0.207 e. The van der Waals surface area contributed by atoms with E-state index in [0.717, 1.165) is 19.1 Å². The highest BCUT2D eigenvalue weighted by atomic mass is 33.3. The fraction of sp³-hybridized carbons (Fsp3) is 0.280. The molecule has 0 bridgehead atoms. The molecule has 1 aliphatic heterocycles. The molecule has 4 unspecified atom stereocenters. The van der Waals surface area contributed by atoms with Crippen molar-refractivity contribution in [3.63, 3.8) is 0 Å². The standard InChI is InChI=1S/C13H17NO2S.C11H13NO2S.CH4.H7P5.S5/c1-4-10-14(11-5-2)17(15,16)13-8-6-12(3)7-9-13;1-10-4-6-11(7-5-10)15(13,14)12-8-2-3-9-12;;1-4-5(2)3;1-3-5-4-2/h4-9H,1-2,10-11H2,3H3;2-7H,8-9H2,1H3;1H4;4H,1-3H2;. The van der Waals surface area contributed by atoms with Crippen LogP contribution in [0.5, 0.6) is 0 Å². The van der Waals surface area contributed by atoms with E-state index in [1.165, 1.54) is 35.3 Å². The van der Waals surface area contributed by atoms with E-state index in [9.17, 15) is 16.8 Å². The fourth-order valence-electron chi connectivity index (χ4n) is 2.94. The number of benzene rings is 2. The van der Waals surface area contributed by atoms with Crippen LogP contribution in [0.4, 0.5) is 0 Å². The molecule has 0 N–H and O–H groups in total. The Bertz CT molecular complexity index is 1460. The largest absolute Gasteiger partial charge is 0.243 e. The number of sulfonamides is 2. The molecule has 4 atom stereocenters. The zero-order chi connectivity index (χ0) is 32.2. The second kappa shape index (κ2) is 25.8. The molecule has 0 saturated carbocycles. The van der Waals surface area contributed by atoms with Gasteiger partial charge in [0, 0.05) is 75.2 Å². The maximum atomic E-state index is 12.3. The lowest BCUT2D eigenvalue weighted by molar-refractivity contribution is 0.474. The quantitative estimate of drug-likeness (QED) is 0.201. The van der Waals surface area contributed by atoms with Crippen molar-refractivity contribution in [1.29, 1.82) is 0 Å². The van der Waals surface area contributed by atoms with Gasteiger partial charge in [0.1, 0.15) is 0 Å². The van der Waals surface area contributed by atoms with Crippen molar-refractivity contribution in [2.45, 2.75) is 31.1 Å². The van der Waals surface area contributed by atoms with E-state index >= 15 is 0 Å². The van der Waals surface area contributed by atoms with Gasteiger partial charge in [-0.3, -0.25) is 0 Å². The zero-order valence-electron chi connectivity index (χ0n) is 23.2. The Morgan fingerprint density at radius 3 is 1.56 bits per heavy atom. The average molecular weight is 813 g/mol. The van der Waals surface area contributed by atoms with Gasteiger partial charge in [0.15, 0.2) is 0 Å². The number of rotatable bonds is 9. The lowest BCUT2D eigenvalue weighted by Gasteiger charge is -2.18. The van der Waals surface area contributed by atoms with Crippen LogP contribution in [0.25, 0.3) is 0 Å². The van der Waals surface area contributed by atoms with Crippen molar-refractivity contribution in [1.82, 2.24) is 8.61 Å². The van der Waals surface area contributed by atoms with E-state index in [2.05, 4.69) is 62.3 Å². The van der Waals surface area contributed by atoms with Crippen molar-refractivity contribution in [2.75, 3.05) is 26.2 Å². The van der Waals surface area contributed by atoms with Gasteiger partial charge in [-0.15, -0.1) is 39.9 Å². The highest BCUT2D eigenvalue weighted by Crippen LogP contribution is 2.71. The molecular formula is C25H41N2O4P5S7. The second-order valence-corrected chi connectivity index (χ2v) is 31.2. The van der Waals surface area contributed by atoms with E-state index in [1.54, 1.807) is 48.6 Å². The van der Waals surface area contributed by atoms with E-state index in [1.807, 2.05) is 38.1 Å². The van der Waals surface area contributed by atoms with E-state index in [0.29, 0.717) is 22.9 Å². The highest BCUT2D eigenvalue weighted by Gasteiger charge is 2.24. The van der Waals surface area contributed by atoms with Gasteiger partial charge in [0.2, 0.25) is 20.0 Å². The molecule has 0 aliphatic carbocycles. The molecule has 3 rings (SSSR count). The Hall–Kier alpha value is 0.730. The smallest absolute Gasteiger partial charge is 0.207 e. The van der Waals surface area contributed by atoms with Crippen LogP contribution in [0, 0.1) is 13.8 Å². The van der Waals surface area contributed by atoms with Gasteiger partial charge in [-0.05, 0) is 45.1 Å². The lowest BCUT2D eigenvalue weighted by atomic mass is 10.2. The predicted octanol–water partition coefficient (Wildman–Crippen LogP) is 6.97. The second-order valence-electron chi connectivity index (χ2n) is 8.06. The van der Waals surface area contributed by atoms with Crippen molar-refractivity contribution in [3.05, 3.63) is 97.1 Å². The first-order valence-electron chi connectivity index (χ1n) is 11.8. The van der Waals surface area contributed by atoms with Crippen LogP contribution in [0.1, 0.15) is 18.6 Å². The molecule has 0 saturated heterocycles. The summed E-state index contributed by atoms with van der Waals surface area (Å²) in [4.78, 5) is 0.670. The molecule has 0 radical (unpaired) electrons. The van der Waals surface area contributed by atoms with Crippen molar-refractivity contribution in [2.24, 2.45) is 0 Å². The van der Waals surface area contributed by atoms with Gasteiger partial charge in [0.25, 0.3) is 0 Å². The minimum absolute atomic E-state index is 0. The lowest BCUT2D eigenvalue weighted by Crippen LogP contribution is -2.31. The Labute approximate surface area is 288 Å². The third-order valence-corrected chi connectivity index (χ3v) is 25.0. The molecule has 0 amide bonds.